The van der Waals surface area contributed by atoms with Gasteiger partial charge in [0, 0.05) is 5.56 Å². The Labute approximate surface area is 157 Å². The molecule has 0 saturated heterocycles. The molecule has 1 unspecified atom stereocenters. The molecule has 0 aromatic heterocycles. The van der Waals surface area contributed by atoms with Crippen LogP contribution >= 0.6 is 15.9 Å². The fourth-order valence-corrected chi connectivity index (χ4v) is 9.78. The first kappa shape index (κ1) is 21.4. The molecule has 0 spiro atoms. The van der Waals surface area contributed by atoms with Crippen LogP contribution in [0.25, 0.3) is 0 Å². The minimum atomic E-state index is -1.94. The zero-order chi connectivity index (χ0) is 18.5. The molecule has 0 N–H and O–H groups in total. The second-order valence-corrected chi connectivity index (χ2v) is 14.0. The Bertz CT molecular complexity index is 501. The molecular formula is C20H33BrO2Si. The van der Waals surface area contributed by atoms with Gasteiger partial charge in [0.05, 0.1) is 4.83 Å². The largest absolute Gasteiger partial charge is 0.543 e. The molecule has 0 fully saturated rings. The monoisotopic (exact) mass is 412 g/mol. The lowest BCUT2D eigenvalue weighted by Crippen LogP contribution is -2.50. The summed E-state index contributed by atoms with van der Waals surface area (Å²) < 4.78 is 6.64. The Morgan fingerprint density at radius 2 is 1.46 bits per heavy atom. The van der Waals surface area contributed by atoms with Crippen molar-refractivity contribution >= 4 is 30.0 Å². The zero-order valence-electron chi connectivity index (χ0n) is 16.2. The number of halogens is 1. The van der Waals surface area contributed by atoms with Gasteiger partial charge >= 0.3 is 0 Å². The van der Waals surface area contributed by atoms with Gasteiger partial charge in [0.25, 0.3) is 8.32 Å². The van der Waals surface area contributed by atoms with E-state index in [9.17, 15) is 4.79 Å². The van der Waals surface area contributed by atoms with Gasteiger partial charge in [-0.3, -0.25) is 4.79 Å². The van der Waals surface area contributed by atoms with Gasteiger partial charge in [-0.15, -0.1) is 0 Å². The molecule has 1 aromatic carbocycles. The van der Waals surface area contributed by atoms with Gasteiger partial charge in [0.15, 0.2) is 5.78 Å². The average molecular weight is 413 g/mol. The fourth-order valence-electron chi connectivity index (χ4n) is 3.81. The minimum absolute atomic E-state index is 0.0928. The summed E-state index contributed by atoms with van der Waals surface area (Å²) in [6.45, 7) is 15.8. The first-order valence-corrected chi connectivity index (χ1v) is 12.2. The number of carbonyl (C=O) groups is 1. The first-order chi connectivity index (χ1) is 11.2. The van der Waals surface area contributed by atoms with Crippen molar-refractivity contribution in [3.05, 3.63) is 29.8 Å². The normalized spacial score (nSPS) is 13.6. The highest BCUT2D eigenvalue weighted by atomic mass is 79.9. The third-order valence-corrected chi connectivity index (χ3v) is 11.8. The van der Waals surface area contributed by atoms with Crippen LogP contribution in [-0.2, 0) is 0 Å². The van der Waals surface area contributed by atoms with E-state index in [1.54, 1.807) is 0 Å². The summed E-state index contributed by atoms with van der Waals surface area (Å²) in [5.41, 5.74) is 2.37. The molecule has 2 nitrogen and oxygen atoms in total. The Morgan fingerprint density at radius 3 is 1.83 bits per heavy atom. The van der Waals surface area contributed by atoms with E-state index in [0.29, 0.717) is 16.6 Å². The van der Waals surface area contributed by atoms with E-state index >= 15 is 0 Å². The molecule has 0 saturated carbocycles. The van der Waals surface area contributed by atoms with Crippen molar-refractivity contribution in [2.24, 2.45) is 0 Å². The molecule has 0 amide bonds. The van der Waals surface area contributed by atoms with Crippen LogP contribution in [0.1, 0.15) is 71.7 Å². The number of benzene rings is 1. The van der Waals surface area contributed by atoms with E-state index in [1.165, 1.54) is 0 Å². The summed E-state index contributed by atoms with van der Waals surface area (Å²) >= 11 is 3.49. The van der Waals surface area contributed by atoms with Gasteiger partial charge in [0.2, 0.25) is 0 Å². The molecule has 0 bridgehead atoms. The lowest BCUT2D eigenvalue weighted by molar-refractivity contribution is 0.0988. The third kappa shape index (κ3) is 4.72. The van der Waals surface area contributed by atoms with E-state index in [-0.39, 0.29) is 10.6 Å². The molecule has 24 heavy (non-hydrogen) atoms. The molecule has 0 radical (unpaired) electrons. The Balaban J connectivity index is 3.02. The number of hydrogen-bond donors (Lipinski definition) is 0. The van der Waals surface area contributed by atoms with Gasteiger partial charge in [-0.1, -0.05) is 70.8 Å². The standard InChI is InChI=1S/C20H33BrO2Si/c1-8-9-19(21)20(22)17-10-12-18(13-11-17)23-24(14(2)3,15(4)5)16(6)7/h10-16,19H,8-9H2,1-7H3. The Kier molecular flexibility index (Phi) is 8.20. The summed E-state index contributed by atoms with van der Waals surface area (Å²) in [6, 6.07) is 7.74. The van der Waals surface area contributed by atoms with Crippen molar-refractivity contribution in [3.8, 4) is 5.75 Å². The van der Waals surface area contributed by atoms with Crippen molar-refractivity contribution in [3.63, 3.8) is 0 Å². The van der Waals surface area contributed by atoms with Crippen LogP contribution in [-0.4, -0.2) is 18.9 Å². The predicted molar refractivity (Wildman–Crippen MR) is 110 cm³/mol. The summed E-state index contributed by atoms with van der Waals surface area (Å²) in [7, 11) is -1.94. The highest BCUT2D eigenvalue weighted by Crippen LogP contribution is 2.42. The maximum absolute atomic E-state index is 12.4. The highest BCUT2D eigenvalue weighted by Gasteiger charge is 2.46. The lowest BCUT2D eigenvalue weighted by atomic mass is 10.1. The molecule has 136 valence electrons. The van der Waals surface area contributed by atoms with Gasteiger partial charge in [-0.05, 0) is 47.3 Å². The average Bonchev–Trinajstić information content (AvgIpc) is 2.51. The Morgan fingerprint density at radius 1 is 1.00 bits per heavy atom. The van der Waals surface area contributed by atoms with E-state index < -0.39 is 8.32 Å². The van der Waals surface area contributed by atoms with E-state index in [0.717, 1.165) is 24.2 Å². The van der Waals surface area contributed by atoms with Crippen LogP contribution in [0.4, 0.5) is 0 Å². The second kappa shape index (κ2) is 9.19. The zero-order valence-corrected chi connectivity index (χ0v) is 18.8. The number of ketones is 1. The smallest absolute Gasteiger partial charge is 0.258 e. The number of alkyl halides is 1. The van der Waals surface area contributed by atoms with Crippen molar-refractivity contribution in [1.82, 2.24) is 0 Å². The van der Waals surface area contributed by atoms with Crippen LogP contribution in [0.3, 0.4) is 0 Å². The van der Waals surface area contributed by atoms with Gasteiger partial charge < -0.3 is 4.43 Å². The summed E-state index contributed by atoms with van der Waals surface area (Å²) in [4.78, 5) is 12.3. The van der Waals surface area contributed by atoms with Crippen LogP contribution in [0.2, 0.25) is 16.6 Å². The van der Waals surface area contributed by atoms with Crippen LogP contribution in [0.5, 0.6) is 5.75 Å². The molecule has 0 aliphatic heterocycles. The van der Waals surface area contributed by atoms with Gasteiger partial charge in [-0.2, -0.15) is 0 Å². The SMILES string of the molecule is CCCC(Br)C(=O)c1ccc(O[Si](C(C)C)(C(C)C)C(C)C)cc1. The molecule has 1 atom stereocenters. The van der Waals surface area contributed by atoms with Crippen molar-refractivity contribution in [2.45, 2.75) is 82.8 Å². The van der Waals surface area contributed by atoms with Crippen molar-refractivity contribution < 1.29 is 9.22 Å². The van der Waals surface area contributed by atoms with Gasteiger partial charge in [-0.25, -0.2) is 0 Å². The number of carbonyl (C=O) groups excluding carboxylic acids is 1. The third-order valence-electron chi connectivity index (χ3n) is 4.97. The molecular weight excluding hydrogens is 380 g/mol. The van der Waals surface area contributed by atoms with Crippen molar-refractivity contribution in [1.29, 1.82) is 0 Å². The number of rotatable bonds is 9. The number of Topliss-reactive ketones (excluding diaryl/α,β-unsaturated/α-hetero) is 1. The molecule has 1 rings (SSSR count). The first-order valence-electron chi connectivity index (χ1n) is 9.14. The summed E-state index contributed by atoms with van der Waals surface area (Å²) in [5, 5.41) is 0. The van der Waals surface area contributed by atoms with E-state index in [4.69, 9.17) is 4.43 Å². The molecule has 1 aromatic rings. The minimum Gasteiger partial charge on any atom is -0.543 e. The van der Waals surface area contributed by atoms with E-state index in [1.807, 2.05) is 24.3 Å². The fraction of sp³-hybridized carbons (Fsp3) is 0.650. The van der Waals surface area contributed by atoms with E-state index in [2.05, 4.69) is 64.4 Å². The summed E-state index contributed by atoms with van der Waals surface area (Å²) in [5.74, 6) is 1.06. The highest BCUT2D eigenvalue weighted by molar-refractivity contribution is 9.10. The quantitative estimate of drug-likeness (QED) is 0.248. The Hall–Kier alpha value is -0.613. The molecule has 0 aliphatic rings. The number of hydrogen-bond acceptors (Lipinski definition) is 2. The topological polar surface area (TPSA) is 26.3 Å². The molecule has 4 heteroatoms. The predicted octanol–water partition coefficient (Wildman–Crippen LogP) is 6.99. The van der Waals surface area contributed by atoms with Crippen molar-refractivity contribution in [2.75, 3.05) is 0 Å². The molecule has 0 heterocycles. The maximum Gasteiger partial charge on any atom is 0.258 e. The van der Waals surface area contributed by atoms with Gasteiger partial charge in [0.1, 0.15) is 5.75 Å². The lowest BCUT2D eigenvalue weighted by Gasteiger charge is -2.42. The van der Waals surface area contributed by atoms with Crippen LogP contribution in [0.15, 0.2) is 24.3 Å². The molecule has 0 aliphatic carbocycles. The summed E-state index contributed by atoms with van der Waals surface area (Å²) in [6.07, 6.45) is 1.86. The second-order valence-electron chi connectivity index (χ2n) is 7.56. The van der Waals surface area contributed by atoms with Crippen LogP contribution < -0.4 is 4.43 Å². The van der Waals surface area contributed by atoms with Crippen LogP contribution in [0, 0.1) is 0 Å². The maximum atomic E-state index is 12.4.